The van der Waals surface area contributed by atoms with Crippen molar-refractivity contribution >= 4 is 50.4 Å². The third-order valence-corrected chi connectivity index (χ3v) is 5.10. The normalized spacial score (nSPS) is 11.3. The molecule has 2 aromatic carbocycles. The Kier molecular flexibility index (Phi) is 6.18. The summed E-state index contributed by atoms with van der Waals surface area (Å²) in [5, 5.41) is 9.54. The number of hydrogen-bond donors (Lipinski definition) is 3. The summed E-state index contributed by atoms with van der Waals surface area (Å²) >= 11 is 3.56. The van der Waals surface area contributed by atoms with E-state index in [2.05, 4.69) is 36.2 Å². The number of halogens is 1. The van der Waals surface area contributed by atoms with Crippen LogP contribution in [0.4, 0.5) is 11.6 Å². The maximum absolute atomic E-state index is 6.01. The quantitative estimate of drug-likeness (QED) is 0.353. The van der Waals surface area contributed by atoms with E-state index in [0.717, 1.165) is 32.2 Å². The molecule has 7 nitrogen and oxygen atoms in total. The Bertz CT molecular complexity index is 1260. The minimum absolute atomic E-state index is 0.413. The summed E-state index contributed by atoms with van der Waals surface area (Å²) in [5.41, 5.74) is 10.00. The molecule has 8 heteroatoms. The number of nitrogens with zero attached hydrogens (tertiary/aromatic N) is 3. The lowest BCUT2D eigenvalue weighted by Gasteiger charge is -2.11. The molecule has 0 spiro atoms. The first-order valence-electron chi connectivity index (χ1n) is 9.48. The second-order valence-corrected chi connectivity index (χ2v) is 7.56. The smallest absolute Gasteiger partial charge is 0.227 e. The van der Waals surface area contributed by atoms with Crippen LogP contribution in [0.2, 0.25) is 0 Å². The van der Waals surface area contributed by atoms with Crippen LogP contribution in [-0.4, -0.2) is 21.2 Å². The lowest BCUT2D eigenvalue weighted by atomic mass is 10.1. The van der Waals surface area contributed by atoms with Gasteiger partial charge >= 0.3 is 0 Å². The van der Waals surface area contributed by atoms with E-state index < -0.39 is 0 Å². The van der Waals surface area contributed by atoms with Crippen LogP contribution >= 0.6 is 15.9 Å². The lowest BCUT2D eigenvalue weighted by Crippen LogP contribution is -2.28. The predicted octanol–water partition coefficient (Wildman–Crippen LogP) is 3.24. The number of rotatable bonds is 7. The Labute approximate surface area is 187 Å². The molecule has 4 rings (SSSR count). The summed E-state index contributed by atoms with van der Waals surface area (Å²) in [7, 11) is 0. The van der Waals surface area contributed by atoms with Crippen molar-refractivity contribution in [1.29, 1.82) is 0 Å². The minimum atomic E-state index is 0.413. The van der Waals surface area contributed by atoms with Gasteiger partial charge in [-0.2, -0.15) is 0 Å². The van der Waals surface area contributed by atoms with Gasteiger partial charge in [0, 0.05) is 53.1 Å². The van der Waals surface area contributed by atoms with Crippen LogP contribution in [0, 0.1) is 0 Å². The molecule has 2 heterocycles. The van der Waals surface area contributed by atoms with Gasteiger partial charge in [0.15, 0.2) is 6.21 Å². The van der Waals surface area contributed by atoms with Crippen LogP contribution in [0.25, 0.3) is 16.6 Å². The molecule has 0 aliphatic heterocycles. The number of allylic oxidation sites excluding steroid dienone is 1. The summed E-state index contributed by atoms with van der Waals surface area (Å²) in [6.07, 6.45) is 8.34. The van der Waals surface area contributed by atoms with Crippen LogP contribution in [-0.2, 0) is 6.61 Å². The highest BCUT2D eigenvalue weighted by Gasteiger charge is 2.08. The number of ether oxygens (including phenoxy) is 1. The number of pyridine rings is 1. The van der Waals surface area contributed by atoms with Crippen molar-refractivity contribution < 1.29 is 10.1 Å². The molecule has 5 N–H and O–H groups in total. The molecule has 154 valence electrons. The van der Waals surface area contributed by atoms with E-state index in [-0.39, 0.29) is 0 Å². The highest BCUT2D eigenvalue weighted by molar-refractivity contribution is 9.10. The summed E-state index contributed by atoms with van der Waals surface area (Å²) in [4.78, 5) is 13.2. The molecule has 4 aromatic rings. The third kappa shape index (κ3) is 5.04. The molecule has 31 heavy (non-hydrogen) atoms. The van der Waals surface area contributed by atoms with Crippen molar-refractivity contribution in [2.75, 3.05) is 5.32 Å². The Balaban J connectivity index is 1.57. The first-order chi connectivity index (χ1) is 15.1. The van der Waals surface area contributed by atoms with Crippen LogP contribution in [0.5, 0.6) is 5.75 Å². The minimum Gasteiger partial charge on any atom is -0.488 e. The van der Waals surface area contributed by atoms with E-state index in [1.807, 2.05) is 48.5 Å². The molecule has 0 aliphatic carbocycles. The van der Waals surface area contributed by atoms with Crippen molar-refractivity contribution in [2.45, 2.75) is 6.61 Å². The standard InChI is InChI=1S/C23H19BrN6O/c24-19-10-17-13-28-23(29-18-5-1-4-16(9-18)20(26)6-7-25)30-21(17)11-22(19)31-14-15-3-2-8-27-12-15/h1-13,25H,14,26H2,(H,28,29,30)/p+1/b20-6-,25-7?. The van der Waals surface area contributed by atoms with Crippen LogP contribution in [0.3, 0.4) is 0 Å². The fraction of sp³-hybridized carbons (Fsp3) is 0.0435. The summed E-state index contributed by atoms with van der Waals surface area (Å²) in [5.74, 6) is 1.16. The van der Waals surface area contributed by atoms with E-state index >= 15 is 0 Å². The van der Waals surface area contributed by atoms with Crippen molar-refractivity contribution in [3.8, 4) is 5.75 Å². The van der Waals surface area contributed by atoms with E-state index in [1.165, 1.54) is 6.21 Å². The lowest BCUT2D eigenvalue weighted by molar-refractivity contribution is -0.104. The SMILES string of the molecule is N/C(=C\C=[NH2+])c1cccc(Nc2ncc3cc(Br)c(OCc4cccnc4)cc3n2)c1. The van der Waals surface area contributed by atoms with Gasteiger partial charge in [-0.25, -0.2) is 9.97 Å². The molecule has 0 bridgehead atoms. The van der Waals surface area contributed by atoms with Gasteiger partial charge in [0.25, 0.3) is 0 Å². The molecule has 0 radical (unpaired) electrons. The van der Waals surface area contributed by atoms with E-state index in [0.29, 0.717) is 24.0 Å². The second-order valence-electron chi connectivity index (χ2n) is 6.71. The van der Waals surface area contributed by atoms with Crippen molar-refractivity contribution in [3.05, 3.63) is 88.8 Å². The summed E-state index contributed by atoms with van der Waals surface area (Å²) in [6.45, 7) is 0.413. The van der Waals surface area contributed by atoms with Crippen molar-refractivity contribution in [1.82, 2.24) is 15.0 Å². The first-order valence-corrected chi connectivity index (χ1v) is 10.3. The molecule has 0 unspecified atom stereocenters. The predicted molar refractivity (Wildman–Crippen MR) is 126 cm³/mol. The number of nitrogens with one attached hydrogen (secondary N) is 1. The average Bonchev–Trinajstić information content (AvgIpc) is 2.79. The van der Waals surface area contributed by atoms with Gasteiger partial charge in [0.1, 0.15) is 12.4 Å². The van der Waals surface area contributed by atoms with Gasteiger partial charge in [-0.3, -0.25) is 10.4 Å². The van der Waals surface area contributed by atoms with E-state index in [9.17, 15) is 0 Å². The third-order valence-electron chi connectivity index (χ3n) is 4.48. The van der Waals surface area contributed by atoms with Gasteiger partial charge < -0.3 is 15.8 Å². The first kappa shape index (κ1) is 20.5. The van der Waals surface area contributed by atoms with E-state index in [4.69, 9.17) is 15.9 Å². The van der Waals surface area contributed by atoms with Gasteiger partial charge in [0.05, 0.1) is 9.99 Å². The number of fused-ring (bicyclic) bond motifs is 1. The van der Waals surface area contributed by atoms with Crippen molar-refractivity contribution in [2.24, 2.45) is 5.73 Å². The Morgan fingerprint density at radius 3 is 2.87 bits per heavy atom. The highest BCUT2D eigenvalue weighted by Crippen LogP contribution is 2.31. The zero-order valence-electron chi connectivity index (χ0n) is 16.5. The zero-order chi connectivity index (χ0) is 21.6. The Hall–Kier alpha value is -3.78. The monoisotopic (exact) mass is 475 g/mol. The number of hydrogen-bond acceptors (Lipinski definition) is 6. The molecule has 0 atom stereocenters. The fourth-order valence-electron chi connectivity index (χ4n) is 2.95. The Morgan fingerprint density at radius 2 is 2.06 bits per heavy atom. The molecule has 2 aromatic heterocycles. The summed E-state index contributed by atoms with van der Waals surface area (Å²) in [6, 6.07) is 15.3. The van der Waals surface area contributed by atoms with Gasteiger partial charge in [-0.05, 0) is 45.8 Å². The maximum atomic E-state index is 6.01. The fourth-order valence-corrected chi connectivity index (χ4v) is 3.43. The van der Waals surface area contributed by atoms with Crippen LogP contribution in [0.15, 0.2) is 77.7 Å². The van der Waals surface area contributed by atoms with Crippen molar-refractivity contribution in [3.63, 3.8) is 0 Å². The number of aromatic nitrogens is 3. The summed E-state index contributed by atoms with van der Waals surface area (Å²) < 4.78 is 6.79. The molecule has 0 saturated heterocycles. The van der Waals surface area contributed by atoms with Gasteiger partial charge in [-0.1, -0.05) is 18.2 Å². The van der Waals surface area contributed by atoms with Crippen LogP contribution in [0.1, 0.15) is 11.1 Å². The maximum Gasteiger partial charge on any atom is 0.227 e. The van der Waals surface area contributed by atoms with Gasteiger partial charge in [0.2, 0.25) is 5.95 Å². The molecular weight excluding hydrogens is 456 g/mol. The second kappa shape index (κ2) is 9.36. The largest absolute Gasteiger partial charge is 0.488 e. The molecular formula is C23H20BrN6O+. The molecule has 0 aliphatic rings. The topological polar surface area (TPSA) is 112 Å². The Morgan fingerprint density at radius 1 is 1.16 bits per heavy atom. The van der Waals surface area contributed by atoms with Gasteiger partial charge in [-0.15, -0.1) is 0 Å². The highest BCUT2D eigenvalue weighted by atomic mass is 79.9. The molecule has 0 fully saturated rings. The molecule has 0 saturated carbocycles. The number of nitrogens with two attached hydrogens (primary N) is 2. The number of benzene rings is 2. The van der Waals surface area contributed by atoms with Crippen LogP contribution < -0.4 is 21.2 Å². The number of anilines is 2. The zero-order valence-corrected chi connectivity index (χ0v) is 18.1. The van der Waals surface area contributed by atoms with E-state index in [1.54, 1.807) is 24.7 Å². The average molecular weight is 476 g/mol. The molecule has 0 amide bonds.